The summed E-state index contributed by atoms with van der Waals surface area (Å²) in [4.78, 5) is 16.0. The monoisotopic (exact) mass is 272 g/mol. The number of carbonyl (C=O) groups is 1. The summed E-state index contributed by atoms with van der Waals surface area (Å²) in [5, 5.41) is 0. The van der Waals surface area contributed by atoms with Crippen LogP contribution in [0.25, 0.3) is 0 Å². The maximum absolute atomic E-state index is 11.9. The Labute approximate surface area is 117 Å². The smallest absolute Gasteiger partial charge is 0.341 e. The van der Waals surface area contributed by atoms with E-state index in [9.17, 15) is 4.79 Å². The van der Waals surface area contributed by atoms with Gasteiger partial charge in [-0.3, -0.25) is 4.98 Å². The summed E-state index contributed by atoms with van der Waals surface area (Å²) >= 11 is 0. The molecule has 0 atom stereocenters. The Morgan fingerprint density at radius 1 is 1.30 bits per heavy atom. The van der Waals surface area contributed by atoms with Crippen LogP contribution in [0.4, 0.5) is 5.69 Å². The van der Waals surface area contributed by atoms with Crippen LogP contribution in [0.3, 0.4) is 0 Å². The van der Waals surface area contributed by atoms with E-state index in [1.165, 1.54) is 0 Å². The van der Waals surface area contributed by atoms with Crippen LogP contribution < -0.4 is 10.5 Å². The first-order chi connectivity index (χ1) is 9.70. The van der Waals surface area contributed by atoms with Gasteiger partial charge in [-0.15, -0.1) is 0 Å². The number of ether oxygens (including phenoxy) is 2. The molecule has 0 fully saturated rings. The highest BCUT2D eigenvalue weighted by atomic mass is 16.5. The molecule has 0 aliphatic carbocycles. The zero-order chi connectivity index (χ0) is 14.4. The molecule has 2 aromatic rings. The van der Waals surface area contributed by atoms with Gasteiger partial charge in [-0.1, -0.05) is 6.07 Å². The molecule has 104 valence electrons. The molecule has 0 aliphatic rings. The van der Waals surface area contributed by atoms with Gasteiger partial charge in [0.15, 0.2) is 0 Å². The van der Waals surface area contributed by atoms with Crippen LogP contribution in [0, 0.1) is 0 Å². The number of benzene rings is 1. The van der Waals surface area contributed by atoms with Crippen molar-refractivity contribution in [3.8, 4) is 5.75 Å². The topological polar surface area (TPSA) is 74.4 Å². The van der Waals surface area contributed by atoms with Gasteiger partial charge in [0, 0.05) is 11.9 Å². The molecule has 0 radical (unpaired) electrons. The van der Waals surface area contributed by atoms with E-state index < -0.39 is 5.97 Å². The van der Waals surface area contributed by atoms with Crippen LogP contribution in [0.2, 0.25) is 0 Å². The van der Waals surface area contributed by atoms with Gasteiger partial charge < -0.3 is 15.2 Å². The molecule has 0 saturated carbocycles. The summed E-state index contributed by atoms with van der Waals surface area (Å²) in [7, 11) is 0. The number of hydrogen-bond acceptors (Lipinski definition) is 5. The number of nitrogens with two attached hydrogens (primary N) is 1. The van der Waals surface area contributed by atoms with E-state index in [4.69, 9.17) is 15.2 Å². The van der Waals surface area contributed by atoms with Crippen LogP contribution in [0.15, 0.2) is 42.6 Å². The molecule has 1 aromatic heterocycles. The molecule has 1 heterocycles. The van der Waals surface area contributed by atoms with Crippen molar-refractivity contribution in [3.05, 3.63) is 53.9 Å². The first-order valence-corrected chi connectivity index (χ1v) is 6.30. The van der Waals surface area contributed by atoms with Gasteiger partial charge in [-0.2, -0.15) is 0 Å². The van der Waals surface area contributed by atoms with Gasteiger partial charge in [0.1, 0.15) is 17.9 Å². The Kier molecular flexibility index (Phi) is 4.55. The van der Waals surface area contributed by atoms with Crippen LogP contribution in [0.1, 0.15) is 23.0 Å². The SMILES string of the molecule is CCOC(=O)c1cc(N)ccc1OCc1ccccn1. The number of aromatic nitrogens is 1. The van der Waals surface area contributed by atoms with Crippen molar-refractivity contribution in [1.82, 2.24) is 4.98 Å². The van der Waals surface area contributed by atoms with Crippen molar-refractivity contribution in [1.29, 1.82) is 0 Å². The number of esters is 1. The third kappa shape index (κ3) is 3.47. The zero-order valence-electron chi connectivity index (χ0n) is 11.2. The minimum atomic E-state index is -0.448. The van der Waals surface area contributed by atoms with Gasteiger partial charge in [0.05, 0.1) is 12.3 Å². The molecule has 2 N–H and O–H groups in total. The third-order valence-corrected chi connectivity index (χ3v) is 2.60. The number of carbonyl (C=O) groups excluding carboxylic acids is 1. The van der Waals surface area contributed by atoms with E-state index in [0.717, 1.165) is 5.69 Å². The Morgan fingerprint density at radius 2 is 2.15 bits per heavy atom. The lowest BCUT2D eigenvalue weighted by atomic mass is 10.2. The highest BCUT2D eigenvalue weighted by molar-refractivity contribution is 5.93. The van der Waals surface area contributed by atoms with E-state index in [2.05, 4.69) is 4.98 Å². The van der Waals surface area contributed by atoms with Crippen LogP contribution in [0.5, 0.6) is 5.75 Å². The maximum Gasteiger partial charge on any atom is 0.341 e. The van der Waals surface area contributed by atoms with Gasteiger partial charge >= 0.3 is 5.97 Å². The molecule has 0 aliphatic heterocycles. The second kappa shape index (κ2) is 6.56. The number of nitrogen functional groups attached to an aromatic ring is 1. The molecule has 0 saturated heterocycles. The third-order valence-electron chi connectivity index (χ3n) is 2.60. The molecular weight excluding hydrogens is 256 g/mol. The number of anilines is 1. The van der Waals surface area contributed by atoms with Gasteiger partial charge in [-0.05, 0) is 37.3 Å². The molecule has 1 aromatic carbocycles. The summed E-state index contributed by atoms with van der Waals surface area (Å²) in [6.45, 7) is 2.32. The first-order valence-electron chi connectivity index (χ1n) is 6.30. The first kappa shape index (κ1) is 13.9. The molecule has 20 heavy (non-hydrogen) atoms. The molecule has 0 amide bonds. The van der Waals surface area contributed by atoms with E-state index in [0.29, 0.717) is 23.6 Å². The molecule has 0 unspecified atom stereocenters. The van der Waals surface area contributed by atoms with Gasteiger partial charge in [0.2, 0.25) is 0 Å². The predicted octanol–water partition coefficient (Wildman–Crippen LogP) is 2.42. The molecule has 5 heteroatoms. The van der Waals surface area contributed by atoms with Crippen molar-refractivity contribution in [2.75, 3.05) is 12.3 Å². The lowest BCUT2D eigenvalue weighted by molar-refractivity contribution is 0.0521. The van der Waals surface area contributed by atoms with Crippen LogP contribution in [-0.2, 0) is 11.3 Å². The summed E-state index contributed by atoms with van der Waals surface area (Å²) in [6.07, 6.45) is 1.69. The average Bonchev–Trinajstić information content (AvgIpc) is 2.47. The molecule has 5 nitrogen and oxygen atoms in total. The normalized spacial score (nSPS) is 10.1. The number of pyridine rings is 1. The maximum atomic E-state index is 11.9. The largest absolute Gasteiger partial charge is 0.486 e. The summed E-state index contributed by atoms with van der Waals surface area (Å²) in [5.41, 5.74) is 7.28. The van der Waals surface area contributed by atoms with Crippen molar-refractivity contribution < 1.29 is 14.3 Å². The molecule has 0 bridgehead atoms. The van der Waals surface area contributed by atoms with E-state index in [-0.39, 0.29) is 6.61 Å². The van der Waals surface area contributed by atoms with Crippen LogP contribution >= 0.6 is 0 Å². The fraction of sp³-hybridized carbons (Fsp3) is 0.200. The number of hydrogen-bond donors (Lipinski definition) is 1. The van der Waals surface area contributed by atoms with Crippen LogP contribution in [-0.4, -0.2) is 17.6 Å². The number of rotatable bonds is 5. The lowest BCUT2D eigenvalue weighted by Gasteiger charge is -2.11. The van der Waals surface area contributed by atoms with E-state index in [1.807, 2.05) is 18.2 Å². The van der Waals surface area contributed by atoms with E-state index in [1.54, 1.807) is 31.3 Å². The Balaban J connectivity index is 2.16. The van der Waals surface area contributed by atoms with Crippen molar-refractivity contribution in [3.63, 3.8) is 0 Å². The Morgan fingerprint density at radius 3 is 2.85 bits per heavy atom. The fourth-order valence-corrected chi connectivity index (χ4v) is 1.68. The Bertz CT molecular complexity index is 585. The standard InChI is InChI=1S/C15H16N2O3/c1-2-19-15(18)13-9-11(16)6-7-14(13)20-10-12-5-3-4-8-17-12/h3-9H,2,10,16H2,1H3. The average molecular weight is 272 g/mol. The molecular formula is C15H16N2O3. The molecule has 2 rings (SSSR count). The predicted molar refractivity (Wildman–Crippen MR) is 75.4 cm³/mol. The highest BCUT2D eigenvalue weighted by Gasteiger charge is 2.14. The van der Waals surface area contributed by atoms with Crippen molar-refractivity contribution in [2.45, 2.75) is 13.5 Å². The fourth-order valence-electron chi connectivity index (χ4n) is 1.68. The number of nitrogens with zero attached hydrogens (tertiary/aromatic N) is 1. The summed E-state index contributed by atoms with van der Waals surface area (Å²) < 4.78 is 10.6. The second-order valence-corrected chi connectivity index (χ2v) is 4.09. The Hall–Kier alpha value is -2.56. The lowest BCUT2D eigenvalue weighted by Crippen LogP contribution is -2.09. The minimum Gasteiger partial charge on any atom is -0.486 e. The highest BCUT2D eigenvalue weighted by Crippen LogP contribution is 2.23. The second-order valence-electron chi connectivity index (χ2n) is 4.09. The summed E-state index contributed by atoms with van der Waals surface area (Å²) in [5.74, 6) is -0.0147. The van der Waals surface area contributed by atoms with Crippen molar-refractivity contribution in [2.24, 2.45) is 0 Å². The van der Waals surface area contributed by atoms with Gasteiger partial charge in [0.25, 0.3) is 0 Å². The quantitative estimate of drug-likeness (QED) is 0.668. The van der Waals surface area contributed by atoms with E-state index >= 15 is 0 Å². The van der Waals surface area contributed by atoms with Gasteiger partial charge in [-0.25, -0.2) is 4.79 Å². The van der Waals surface area contributed by atoms with Crippen molar-refractivity contribution >= 4 is 11.7 Å². The zero-order valence-corrected chi connectivity index (χ0v) is 11.2. The minimum absolute atomic E-state index is 0.275. The summed E-state index contributed by atoms with van der Waals surface area (Å²) in [6, 6.07) is 10.4. The molecule has 0 spiro atoms.